The largest absolute Gasteiger partial charge is 0.392 e. The third-order valence-electron chi connectivity index (χ3n) is 3.58. The van der Waals surface area contributed by atoms with Gasteiger partial charge in [-0.3, -0.25) is 0 Å². The summed E-state index contributed by atoms with van der Waals surface area (Å²) >= 11 is 0. The molecule has 0 fully saturated rings. The van der Waals surface area contributed by atoms with Crippen LogP contribution in [-0.4, -0.2) is 57.9 Å². The molecule has 1 unspecified atom stereocenters. The maximum Gasteiger partial charge on any atom is 0.111 e. The molecule has 2 rings (SSSR count). The molecular formula is C16H21NO4. The summed E-state index contributed by atoms with van der Waals surface area (Å²) in [5, 5.41) is 41.5. The SMILES string of the molecule is OCC1=C[C@H](NCC=Cc2ccccc2)[C@H](O)C(O)[C@@H]1O. The zero-order valence-corrected chi connectivity index (χ0v) is 11.6. The van der Waals surface area contributed by atoms with Gasteiger partial charge in [0, 0.05) is 6.54 Å². The predicted molar refractivity (Wildman–Crippen MR) is 80.5 cm³/mol. The van der Waals surface area contributed by atoms with Crippen molar-refractivity contribution >= 4 is 6.08 Å². The molecule has 0 spiro atoms. The van der Waals surface area contributed by atoms with Crippen LogP contribution in [0, 0.1) is 0 Å². The Morgan fingerprint density at radius 1 is 1.05 bits per heavy atom. The molecule has 0 aromatic heterocycles. The van der Waals surface area contributed by atoms with Crippen LogP contribution in [0.25, 0.3) is 6.08 Å². The van der Waals surface area contributed by atoms with E-state index in [-0.39, 0.29) is 6.61 Å². The second-order valence-corrected chi connectivity index (χ2v) is 5.07. The Morgan fingerprint density at radius 2 is 1.76 bits per heavy atom. The highest BCUT2D eigenvalue weighted by Crippen LogP contribution is 2.19. The summed E-state index contributed by atoms with van der Waals surface area (Å²) < 4.78 is 0. The van der Waals surface area contributed by atoms with Gasteiger partial charge in [-0.25, -0.2) is 0 Å². The first-order valence-corrected chi connectivity index (χ1v) is 6.94. The molecule has 1 aliphatic rings. The van der Waals surface area contributed by atoms with Gasteiger partial charge in [-0.15, -0.1) is 0 Å². The van der Waals surface area contributed by atoms with Crippen molar-refractivity contribution in [2.45, 2.75) is 24.4 Å². The Balaban J connectivity index is 1.93. The standard InChI is InChI=1S/C16H21NO4/c18-10-12-9-13(15(20)16(21)14(12)19)17-8-4-7-11-5-2-1-3-6-11/h1-7,9,13-21H,8,10H2/t13-,14+,15-,16?/m0/s1. The molecule has 1 aliphatic carbocycles. The van der Waals surface area contributed by atoms with E-state index in [9.17, 15) is 15.3 Å². The number of benzene rings is 1. The van der Waals surface area contributed by atoms with E-state index >= 15 is 0 Å². The van der Waals surface area contributed by atoms with Crippen LogP contribution in [0.1, 0.15) is 5.56 Å². The van der Waals surface area contributed by atoms with Crippen LogP contribution in [0.4, 0.5) is 0 Å². The zero-order chi connectivity index (χ0) is 15.2. The maximum absolute atomic E-state index is 9.91. The van der Waals surface area contributed by atoms with E-state index in [1.807, 2.05) is 42.5 Å². The maximum atomic E-state index is 9.91. The first-order chi connectivity index (χ1) is 10.1. The van der Waals surface area contributed by atoms with Crippen LogP contribution >= 0.6 is 0 Å². The highest BCUT2D eigenvalue weighted by molar-refractivity contribution is 5.48. The second kappa shape index (κ2) is 7.49. The van der Waals surface area contributed by atoms with Crippen LogP contribution < -0.4 is 5.32 Å². The Kier molecular flexibility index (Phi) is 5.67. The van der Waals surface area contributed by atoms with E-state index in [0.29, 0.717) is 12.1 Å². The van der Waals surface area contributed by atoms with E-state index in [1.165, 1.54) is 0 Å². The molecule has 0 radical (unpaired) electrons. The molecule has 0 aliphatic heterocycles. The molecular weight excluding hydrogens is 270 g/mol. The third-order valence-corrected chi connectivity index (χ3v) is 3.58. The van der Waals surface area contributed by atoms with Crippen LogP contribution in [0.3, 0.4) is 0 Å². The van der Waals surface area contributed by atoms with E-state index in [0.717, 1.165) is 5.56 Å². The van der Waals surface area contributed by atoms with Crippen molar-refractivity contribution in [1.82, 2.24) is 5.32 Å². The van der Waals surface area contributed by atoms with Gasteiger partial charge in [0.15, 0.2) is 0 Å². The van der Waals surface area contributed by atoms with E-state index in [2.05, 4.69) is 5.32 Å². The molecule has 0 saturated carbocycles. The Bertz CT molecular complexity index is 500. The molecule has 5 N–H and O–H groups in total. The first kappa shape index (κ1) is 15.9. The monoisotopic (exact) mass is 291 g/mol. The quantitative estimate of drug-likeness (QED) is 0.479. The minimum Gasteiger partial charge on any atom is -0.392 e. The smallest absolute Gasteiger partial charge is 0.111 e. The first-order valence-electron chi connectivity index (χ1n) is 6.94. The molecule has 0 amide bonds. The van der Waals surface area contributed by atoms with E-state index in [4.69, 9.17) is 5.11 Å². The lowest BCUT2D eigenvalue weighted by molar-refractivity contribution is -0.0637. The van der Waals surface area contributed by atoms with Crippen molar-refractivity contribution in [3.8, 4) is 0 Å². The normalized spacial score (nSPS) is 29.6. The van der Waals surface area contributed by atoms with Gasteiger partial charge >= 0.3 is 0 Å². The fourth-order valence-corrected chi connectivity index (χ4v) is 2.34. The molecule has 114 valence electrons. The summed E-state index contributed by atoms with van der Waals surface area (Å²) in [4.78, 5) is 0. The summed E-state index contributed by atoms with van der Waals surface area (Å²) in [5.41, 5.74) is 1.39. The molecule has 5 nitrogen and oxygen atoms in total. The van der Waals surface area contributed by atoms with Crippen molar-refractivity contribution < 1.29 is 20.4 Å². The summed E-state index contributed by atoms with van der Waals surface area (Å²) in [7, 11) is 0. The number of hydrogen-bond donors (Lipinski definition) is 5. The lowest BCUT2D eigenvalue weighted by Gasteiger charge is -2.34. The molecule has 5 heteroatoms. The third kappa shape index (κ3) is 4.00. The predicted octanol–water partition coefficient (Wildman–Crippen LogP) is -0.327. The highest BCUT2D eigenvalue weighted by Gasteiger charge is 2.36. The molecule has 1 aromatic rings. The summed E-state index contributed by atoms with van der Waals surface area (Å²) in [6.45, 7) is 0.150. The molecule has 4 atom stereocenters. The number of aliphatic hydroxyl groups is 4. The molecule has 0 bridgehead atoms. The van der Waals surface area contributed by atoms with Gasteiger partial charge in [0.2, 0.25) is 0 Å². The topological polar surface area (TPSA) is 93.0 Å². The van der Waals surface area contributed by atoms with Gasteiger partial charge in [0.1, 0.15) is 18.3 Å². The minimum atomic E-state index is -1.30. The Labute approximate surface area is 123 Å². The second-order valence-electron chi connectivity index (χ2n) is 5.07. The van der Waals surface area contributed by atoms with E-state index < -0.39 is 24.4 Å². The zero-order valence-electron chi connectivity index (χ0n) is 11.6. The molecule has 0 heterocycles. The summed E-state index contributed by atoms with van der Waals surface area (Å²) in [6.07, 6.45) is 1.80. The average molecular weight is 291 g/mol. The lowest BCUT2D eigenvalue weighted by Crippen LogP contribution is -2.54. The van der Waals surface area contributed by atoms with Gasteiger partial charge in [-0.2, -0.15) is 0 Å². The van der Waals surface area contributed by atoms with Crippen LogP contribution in [-0.2, 0) is 0 Å². The fraction of sp³-hybridized carbons (Fsp3) is 0.375. The van der Waals surface area contributed by atoms with Crippen molar-refractivity contribution in [3.63, 3.8) is 0 Å². The highest BCUT2D eigenvalue weighted by atomic mass is 16.4. The molecule has 1 aromatic carbocycles. The number of hydrogen-bond acceptors (Lipinski definition) is 5. The van der Waals surface area contributed by atoms with Crippen LogP contribution in [0.2, 0.25) is 0 Å². The molecule has 0 saturated heterocycles. The van der Waals surface area contributed by atoms with Gasteiger partial charge in [0.25, 0.3) is 0 Å². The van der Waals surface area contributed by atoms with Crippen LogP contribution in [0.15, 0.2) is 48.1 Å². The molecule has 21 heavy (non-hydrogen) atoms. The van der Waals surface area contributed by atoms with E-state index in [1.54, 1.807) is 6.08 Å². The Morgan fingerprint density at radius 3 is 2.43 bits per heavy atom. The van der Waals surface area contributed by atoms with Crippen molar-refractivity contribution in [2.24, 2.45) is 0 Å². The Hall–Kier alpha value is -1.50. The van der Waals surface area contributed by atoms with Gasteiger partial charge < -0.3 is 25.7 Å². The summed E-state index contributed by atoms with van der Waals surface area (Å²) in [6, 6.07) is 9.30. The number of rotatable bonds is 5. The lowest BCUT2D eigenvalue weighted by atomic mass is 9.88. The number of nitrogens with one attached hydrogen (secondary N) is 1. The van der Waals surface area contributed by atoms with Crippen molar-refractivity contribution in [2.75, 3.05) is 13.2 Å². The minimum absolute atomic E-state index is 0.317. The van der Waals surface area contributed by atoms with Crippen molar-refractivity contribution in [1.29, 1.82) is 0 Å². The average Bonchev–Trinajstić information content (AvgIpc) is 2.52. The van der Waals surface area contributed by atoms with Crippen LogP contribution in [0.5, 0.6) is 0 Å². The number of aliphatic hydroxyl groups excluding tert-OH is 4. The van der Waals surface area contributed by atoms with Gasteiger partial charge in [-0.05, 0) is 11.1 Å². The van der Waals surface area contributed by atoms with Gasteiger partial charge in [0.05, 0.1) is 12.6 Å². The summed E-state index contributed by atoms with van der Waals surface area (Å²) in [5.74, 6) is 0. The van der Waals surface area contributed by atoms with Crippen molar-refractivity contribution in [3.05, 3.63) is 53.6 Å². The van der Waals surface area contributed by atoms with Gasteiger partial charge in [-0.1, -0.05) is 48.6 Å². The fourth-order valence-electron chi connectivity index (χ4n) is 2.34.